The molecule has 0 unspecified atom stereocenters. The SMILES string of the molecule is C/C(=N\Nc1nc(C(C)(C)C)cs1)c1cc2ccccc2o1. The molecule has 1 aromatic carbocycles. The average molecular weight is 313 g/mol. The minimum absolute atomic E-state index is 0.0495. The Balaban J connectivity index is 1.78. The molecular formula is C17H19N3OS. The number of para-hydroxylation sites is 1. The molecule has 2 aromatic heterocycles. The molecule has 0 fully saturated rings. The summed E-state index contributed by atoms with van der Waals surface area (Å²) in [7, 11) is 0. The predicted molar refractivity (Wildman–Crippen MR) is 92.9 cm³/mol. The average Bonchev–Trinajstić information content (AvgIpc) is 3.10. The summed E-state index contributed by atoms with van der Waals surface area (Å²) in [5.74, 6) is 0.765. The summed E-state index contributed by atoms with van der Waals surface area (Å²) >= 11 is 1.56. The fourth-order valence-corrected chi connectivity index (χ4v) is 2.90. The zero-order chi connectivity index (χ0) is 15.7. The molecule has 5 heteroatoms. The number of benzene rings is 1. The standard InChI is InChI=1S/C17H19N3OS/c1-11(14-9-12-7-5-6-8-13(12)21-14)19-20-16-18-15(10-22-16)17(2,3)4/h5-10H,1-4H3,(H,18,20)/b19-11+. The van der Waals surface area contributed by atoms with Gasteiger partial charge in [0.05, 0.1) is 5.69 Å². The molecule has 3 rings (SSSR count). The number of hydrazone groups is 1. The topological polar surface area (TPSA) is 50.4 Å². The second-order valence-electron chi connectivity index (χ2n) is 6.25. The molecule has 0 saturated carbocycles. The van der Waals surface area contributed by atoms with Crippen molar-refractivity contribution in [3.63, 3.8) is 0 Å². The van der Waals surface area contributed by atoms with Crippen LogP contribution in [-0.2, 0) is 5.41 Å². The van der Waals surface area contributed by atoms with E-state index in [1.807, 2.05) is 37.3 Å². The van der Waals surface area contributed by atoms with Crippen LogP contribution < -0.4 is 5.43 Å². The Labute approximate surface area is 133 Å². The van der Waals surface area contributed by atoms with Crippen molar-refractivity contribution in [2.24, 2.45) is 5.10 Å². The van der Waals surface area contributed by atoms with Gasteiger partial charge in [-0.1, -0.05) is 39.0 Å². The van der Waals surface area contributed by atoms with Gasteiger partial charge in [-0.15, -0.1) is 11.3 Å². The first-order valence-electron chi connectivity index (χ1n) is 7.19. The molecule has 0 radical (unpaired) electrons. The van der Waals surface area contributed by atoms with Crippen molar-refractivity contribution in [3.05, 3.63) is 47.2 Å². The summed E-state index contributed by atoms with van der Waals surface area (Å²) in [6.07, 6.45) is 0. The molecule has 0 aliphatic rings. The van der Waals surface area contributed by atoms with Gasteiger partial charge in [0.25, 0.3) is 0 Å². The summed E-state index contributed by atoms with van der Waals surface area (Å²) < 4.78 is 5.79. The molecule has 0 spiro atoms. The number of anilines is 1. The molecule has 0 bridgehead atoms. The number of thiazole rings is 1. The number of fused-ring (bicyclic) bond motifs is 1. The fraction of sp³-hybridized carbons (Fsp3) is 0.294. The Kier molecular flexibility index (Phi) is 3.74. The number of nitrogens with one attached hydrogen (secondary N) is 1. The van der Waals surface area contributed by atoms with Crippen LogP contribution in [-0.4, -0.2) is 10.7 Å². The van der Waals surface area contributed by atoms with Crippen molar-refractivity contribution in [2.75, 3.05) is 5.43 Å². The van der Waals surface area contributed by atoms with Crippen molar-refractivity contribution in [3.8, 4) is 0 Å². The molecule has 0 amide bonds. The van der Waals surface area contributed by atoms with Crippen molar-refractivity contribution in [1.82, 2.24) is 4.98 Å². The van der Waals surface area contributed by atoms with Crippen LogP contribution in [0.3, 0.4) is 0 Å². The van der Waals surface area contributed by atoms with E-state index in [9.17, 15) is 0 Å². The highest BCUT2D eigenvalue weighted by molar-refractivity contribution is 7.13. The third kappa shape index (κ3) is 3.04. The van der Waals surface area contributed by atoms with E-state index in [4.69, 9.17) is 4.42 Å². The Bertz CT molecular complexity index is 791. The van der Waals surface area contributed by atoms with E-state index in [2.05, 4.69) is 41.7 Å². The molecule has 0 atom stereocenters. The number of rotatable bonds is 3. The smallest absolute Gasteiger partial charge is 0.203 e. The van der Waals surface area contributed by atoms with Gasteiger partial charge in [0.1, 0.15) is 11.3 Å². The predicted octanol–water partition coefficient (Wildman–Crippen LogP) is 5.02. The van der Waals surface area contributed by atoms with Gasteiger partial charge in [0, 0.05) is 16.2 Å². The second-order valence-corrected chi connectivity index (χ2v) is 7.10. The van der Waals surface area contributed by atoms with Crippen LogP contribution in [0, 0.1) is 0 Å². The van der Waals surface area contributed by atoms with Crippen LogP contribution in [0.5, 0.6) is 0 Å². The molecule has 0 aliphatic carbocycles. The first-order chi connectivity index (χ1) is 10.4. The summed E-state index contributed by atoms with van der Waals surface area (Å²) in [5.41, 5.74) is 5.80. The molecule has 3 aromatic rings. The highest BCUT2D eigenvalue weighted by Gasteiger charge is 2.17. The highest BCUT2D eigenvalue weighted by Crippen LogP contribution is 2.26. The summed E-state index contributed by atoms with van der Waals surface area (Å²) in [6.45, 7) is 8.36. The minimum Gasteiger partial charge on any atom is -0.455 e. The summed E-state index contributed by atoms with van der Waals surface area (Å²) in [6, 6.07) is 9.94. The third-order valence-electron chi connectivity index (χ3n) is 3.37. The second kappa shape index (κ2) is 5.57. The Morgan fingerprint density at radius 3 is 2.73 bits per heavy atom. The highest BCUT2D eigenvalue weighted by atomic mass is 32.1. The maximum Gasteiger partial charge on any atom is 0.203 e. The molecule has 22 heavy (non-hydrogen) atoms. The normalized spacial score (nSPS) is 12.8. The van der Waals surface area contributed by atoms with E-state index in [0.29, 0.717) is 0 Å². The maximum atomic E-state index is 5.79. The lowest BCUT2D eigenvalue weighted by Crippen LogP contribution is -2.11. The zero-order valence-electron chi connectivity index (χ0n) is 13.2. The lowest BCUT2D eigenvalue weighted by atomic mass is 9.93. The lowest BCUT2D eigenvalue weighted by Gasteiger charge is -2.13. The molecule has 0 saturated heterocycles. The van der Waals surface area contributed by atoms with Crippen LogP contribution in [0.25, 0.3) is 11.0 Å². The number of hydrogen-bond acceptors (Lipinski definition) is 5. The summed E-state index contributed by atoms with van der Waals surface area (Å²) in [4.78, 5) is 4.56. The van der Waals surface area contributed by atoms with Crippen molar-refractivity contribution < 1.29 is 4.42 Å². The minimum atomic E-state index is 0.0495. The maximum absolute atomic E-state index is 5.79. The van der Waals surface area contributed by atoms with Gasteiger partial charge in [-0.25, -0.2) is 4.98 Å². The van der Waals surface area contributed by atoms with Gasteiger partial charge in [0.2, 0.25) is 5.13 Å². The van der Waals surface area contributed by atoms with Gasteiger partial charge in [-0.2, -0.15) is 5.10 Å². The van der Waals surface area contributed by atoms with Crippen LogP contribution in [0.1, 0.15) is 39.1 Å². The molecule has 1 N–H and O–H groups in total. The van der Waals surface area contributed by atoms with Gasteiger partial charge in [0.15, 0.2) is 5.76 Å². The number of aromatic nitrogens is 1. The Morgan fingerprint density at radius 2 is 2.05 bits per heavy atom. The number of nitrogens with zero attached hydrogens (tertiary/aromatic N) is 2. The van der Waals surface area contributed by atoms with Crippen LogP contribution in [0.15, 0.2) is 45.2 Å². The van der Waals surface area contributed by atoms with Crippen molar-refractivity contribution in [1.29, 1.82) is 0 Å². The first kappa shape index (κ1) is 14.8. The molecule has 4 nitrogen and oxygen atoms in total. The van der Waals surface area contributed by atoms with Gasteiger partial charge in [-0.3, -0.25) is 5.43 Å². The molecule has 0 aliphatic heterocycles. The molecule has 114 valence electrons. The number of hydrogen-bond donors (Lipinski definition) is 1. The van der Waals surface area contributed by atoms with E-state index in [1.54, 1.807) is 11.3 Å². The zero-order valence-corrected chi connectivity index (χ0v) is 14.0. The van der Waals surface area contributed by atoms with Crippen LogP contribution >= 0.6 is 11.3 Å². The summed E-state index contributed by atoms with van der Waals surface area (Å²) in [5, 5.41) is 8.31. The van der Waals surface area contributed by atoms with Gasteiger partial charge >= 0.3 is 0 Å². The lowest BCUT2D eigenvalue weighted by molar-refractivity contribution is 0.573. The van der Waals surface area contributed by atoms with Crippen LogP contribution in [0.2, 0.25) is 0 Å². The van der Waals surface area contributed by atoms with Gasteiger partial charge < -0.3 is 4.42 Å². The van der Waals surface area contributed by atoms with E-state index in [1.165, 1.54) is 0 Å². The van der Waals surface area contributed by atoms with Crippen LogP contribution in [0.4, 0.5) is 5.13 Å². The molecular weight excluding hydrogens is 294 g/mol. The Hall–Kier alpha value is -2.14. The van der Waals surface area contributed by atoms with E-state index in [-0.39, 0.29) is 5.41 Å². The first-order valence-corrected chi connectivity index (χ1v) is 8.07. The van der Waals surface area contributed by atoms with E-state index in [0.717, 1.165) is 33.3 Å². The number of furan rings is 1. The van der Waals surface area contributed by atoms with Gasteiger partial charge in [-0.05, 0) is 19.1 Å². The largest absolute Gasteiger partial charge is 0.455 e. The molecule has 2 heterocycles. The fourth-order valence-electron chi connectivity index (χ4n) is 2.02. The third-order valence-corrected chi connectivity index (χ3v) is 4.12. The van der Waals surface area contributed by atoms with Crippen molar-refractivity contribution in [2.45, 2.75) is 33.1 Å². The monoisotopic (exact) mass is 313 g/mol. The quantitative estimate of drug-likeness (QED) is 0.545. The van der Waals surface area contributed by atoms with E-state index < -0.39 is 0 Å². The van der Waals surface area contributed by atoms with Crippen molar-refractivity contribution >= 4 is 33.1 Å². The Morgan fingerprint density at radius 1 is 1.27 bits per heavy atom. The van der Waals surface area contributed by atoms with E-state index >= 15 is 0 Å².